The number of hydrogen-bond donors (Lipinski definition) is 1. The summed E-state index contributed by atoms with van der Waals surface area (Å²) in [5, 5.41) is 8.77. The molecule has 1 aliphatic rings. The summed E-state index contributed by atoms with van der Waals surface area (Å²) in [6.07, 6.45) is 3.62. The Hall–Kier alpha value is -0.570. The van der Waals surface area contributed by atoms with E-state index in [-0.39, 0.29) is 12.0 Å². The van der Waals surface area contributed by atoms with Crippen LogP contribution in [0, 0.1) is 5.92 Å². The monoisotopic (exact) mass is 172 g/mol. The van der Waals surface area contributed by atoms with Gasteiger partial charge in [0.05, 0.1) is 12.0 Å². The number of ether oxygens (including phenoxy) is 1. The lowest BCUT2D eigenvalue weighted by molar-refractivity contribution is -0.147. The molecule has 12 heavy (non-hydrogen) atoms. The van der Waals surface area contributed by atoms with E-state index in [0.717, 1.165) is 12.8 Å². The van der Waals surface area contributed by atoms with Crippen LogP contribution in [0.2, 0.25) is 0 Å². The molecular weight excluding hydrogens is 156 g/mol. The van der Waals surface area contributed by atoms with Crippen molar-refractivity contribution in [3.8, 4) is 0 Å². The minimum Gasteiger partial charge on any atom is -0.481 e. The van der Waals surface area contributed by atoms with E-state index in [1.165, 1.54) is 0 Å². The molecule has 1 heterocycles. The Bertz CT molecular complexity index is 154. The molecule has 0 radical (unpaired) electrons. The summed E-state index contributed by atoms with van der Waals surface area (Å²) in [5.74, 6) is -0.838. The molecule has 0 aromatic carbocycles. The molecular formula is C9H16O3. The quantitative estimate of drug-likeness (QED) is 0.704. The highest BCUT2D eigenvalue weighted by Crippen LogP contribution is 2.22. The topological polar surface area (TPSA) is 46.5 Å². The molecule has 1 rings (SSSR count). The van der Waals surface area contributed by atoms with E-state index < -0.39 is 5.97 Å². The normalized spacial score (nSPS) is 30.1. The van der Waals surface area contributed by atoms with Gasteiger partial charge in [0.25, 0.3) is 0 Å². The second kappa shape index (κ2) is 4.45. The minimum absolute atomic E-state index is 0.171. The molecule has 1 saturated heterocycles. The van der Waals surface area contributed by atoms with Crippen molar-refractivity contribution in [2.24, 2.45) is 5.92 Å². The van der Waals surface area contributed by atoms with Gasteiger partial charge in [-0.1, -0.05) is 13.3 Å². The van der Waals surface area contributed by atoms with E-state index >= 15 is 0 Å². The second-order valence-corrected chi connectivity index (χ2v) is 3.34. The van der Waals surface area contributed by atoms with Crippen LogP contribution in [0.4, 0.5) is 0 Å². The van der Waals surface area contributed by atoms with Crippen LogP contribution >= 0.6 is 0 Å². The highest BCUT2D eigenvalue weighted by Gasteiger charge is 2.26. The van der Waals surface area contributed by atoms with Crippen LogP contribution in [0.1, 0.15) is 32.6 Å². The summed E-state index contributed by atoms with van der Waals surface area (Å²) in [4.78, 5) is 10.6. The molecule has 0 saturated carbocycles. The average Bonchev–Trinajstić information content (AvgIpc) is 2.05. The third-order valence-corrected chi connectivity index (χ3v) is 2.33. The van der Waals surface area contributed by atoms with Crippen molar-refractivity contribution < 1.29 is 14.6 Å². The van der Waals surface area contributed by atoms with Crippen LogP contribution in [0.3, 0.4) is 0 Å². The molecule has 2 atom stereocenters. The Labute approximate surface area is 72.7 Å². The first-order chi connectivity index (χ1) is 5.74. The molecule has 0 unspecified atom stereocenters. The first kappa shape index (κ1) is 9.52. The van der Waals surface area contributed by atoms with Crippen LogP contribution in [0.25, 0.3) is 0 Å². The number of carbonyl (C=O) groups is 1. The minimum atomic E-state index is -0.667. The van der Waals surface area contributed by atoms with Crippen molar-refractivity contribution in [2.45, 2.75) is 38.7 Å². The van der Waals surface area contributed by atoms with Gasteiger partial charge in [0.1, 0.15) is 0 Å². The maximum Gasteiger partial charge on any atom is 0.306 e. The fourth-order valence-corrected chi connectivity index (χ4v) is 1.63. The van der Waals surface area contributed by atoms with E-state index in [9.17, 15) is 4.79 Å². The number of rotatable bonds is 3. The van der Waals surface area contributed by atoms with Crippen molar-refractivity contribution in [3.05, 3.63) is 0 Å². The predicted molar refractivity (Wildman–Crippen MR) is 45.0 cm³/mol. The molecule has 3 nitrogen and oxygen atoms in total. The summed E-state index contributed by atoms with van der Waals surface area (Å²) in [5.41, 5.74) is 0. The molecule has 0 bridgehead atoms. The standard InChI is InChI=1S/C9H16O3/c1-2-3-8-6-7(9(10)11)4-5-12-8/h7-8H,2-6H2,1H3,(H,10,11)/t7-,8+/m0/s1. The molecule has 0 amide bonds. The summed E-state index contributed by atoms with van der Waals surface area (Å²) in [7, 11) is 0. The van der Waals surface area contributed by atoms with Crippen LogP contribution in [-0.4, -0.2) is 23.8 Å². The van der Waals surface area contributed by atoms with Gasteiger partial charge >= 0.3 is 5.97 Å². The Morgan fingerprint density at radius 3 is 3.00 bits per heavy atom. The van der Waals surface area contributed by atoms with Gasteiger partial charge in [-0.15, -0.1) is 0 Å². The van der Waals surface area contributed by atoms with E-state index in [1.54, 1.807) is 0 Å². The molecule has 0 aromatic rings. The average molecular weight is 172 g/mol. The van der Waals surface area contributed by atoms with E-state index in [0.29, 0.717) is 19.4 Å². The van der Waals surface area contributed by atoms with Gasteiger partial charge in [-0.25, -0.2) is 0 Å². The summed E-state index contributed by atoms with van der Waals surface area (Å²) >= 11 is 0. The molecule has 0 aliphatic carbocycles. The molecule has 70 valence electrons. The zero-order chi connectivity index (χ0) is 8.97. The van der Waals surface area contributed by atoms with Crippen LogP contribution in [0.5, 0.6) is 0 Å². The second-order valence-electron chi connectivity index (χ2n) is 3.34. The molecule has 0 aromatic heterocycles. The SMILES string of the molecule is CCC[C@@H]1C[C@@H](C(=O)O)CCO1. The van der Waals surface area contributed by atoms with Gasteiger partial charge in [0.2, 0.25) is 0 Å². The Balaban J connectivity index is 2.35. The van der Waals surface area contributed by atoms with Crippen molar-refractivity contribution in [1.29, 1.82) is 0 Å². The molecule has 3 heteroatoms. The van der Waals surface area contributed by atoms with Gasteiger partial charge in [-0.3, -0.25) is 4.79 Å². The van der Waals surface area contributed by atoms with Crippen LogP contribution in [0.15, 0.2) is 0 Å². The Morgan fingerprint density at radius 2 is 2.42 bits per heavy atom. The molecule has 1 N–H and O–H groups in total. The highest BCUT2D eigenvalue weighted by atomic mass is 16.5. The zero-order valence-corrected chi connectivity index (χ0v) is 7.45. The fraction of sp³-hybridized carbons (Fsp3) is 0.889. The first-order valence-corrected chi connectivity index (χ1v) is 4.58. The number of carboxylic acids is 1. The van der Waals surface area contributed by atoms with E-state index in [1.807, 2.05) is 0 Å². The Kier molecular flexibility index (Phi) is 3.53. The zero-order valence-electron chi connectivity index (χ0n) is 7.45. The largest absolute Gasteiger partial charge is 0.481 e. The maximum absolute atomic E-state index is 10.6. The molecule has 0 spiro atoms. The fourth-order valence-electron chi connectivity index (χ4n) is 1.63. The lowest BCUT2D eigenvalue weighted by atomic mass is 9.94. The molecule has 1 fully saturated rings. The van der Waals surface area contributed by atoms with Crippen molar-refractivity contribution in [2.75, 3.05) is 6.61 Å². The van der Waals surface area contributed by atoms with E-state index in [2.05, 4.69) is 6.92 Å². The lowest BCUT2D eigenvalue weighted by Gasteiger charge is -2.26. The first-order valence-electron chi connectivity index (χ1n) is 4.58. The van der Waals surface area contributed by atoms with Gasteiger partial charge in [0, 0.05) is 6.61 Å². The highest BCUT2D eigenvalue weighted by molar-refractivity contribution is 5.70. The van der Waals surface area contributed by atoms with Crippen LogP contribution < -0.4 is 0 Å². The van der Waals surface area contributed by atoms with Crippen molar-refractivity contribution >= 4 is 5.97 Å². The van der Waals surface area contributed by atoms with Gasteiger partial charge in [0.15, 0.2) is 0 Å². The maximum atomic E-state index is 10.6. The van der Waals surface area contributed by atoms with Gasteiger partial charge in [-0.2, -0.15) is 0 Å². The third kappa shape index (κ3) is 2.48. The van der Waals surface area contributed by atoms with Crippen molar-refractivity contribution in [1.82, 2.24) is 0 Å². The van der Waals surface area contributed by atoms with E-state index in [4.69, 9.17) is 9.84 Å². The van der Waals surface area contributed by atoms with Gasteiger partial charge < -0.3 is 9.84 Å². The molecule has 1 aliphatic heterocycles. The Morgan fingerprint density at radius 1 is 1.67 bits per heavy atom. The summed E-state index contributed by atoms with van der Waals surface area (Å²) in [6, 6.07) is 0. The number of hydrogen-bond acceptors (Lipinski definition) is 2. The van der Waals surface area contributed by atoms with Crippen LogP contribution in [-0.2, 0) is 9.53 Å². The van der Waals surface area contributed by atoms with Crippen molar-refractivity contribution in [3.63, 3.8) is 0 Å². The summed E-state index contributed by atoms with van der Waals surface area (Å²) in [6.45, 7) is 2.70. The third-order valence-electron chi connectivity index (χ3n) is 2.33. The van der Waals surface area contributed by atoms with Gasteiger partial charge in [-0.05, 0) is 19.3 Å². The number of carboxylic acid groups (broad SMARTS) is 1. The number of aliphatic carboxylic acids is 1. The predicted octanol–water partition coefficient (Wildman–Crippen LogP) is 1.67. The lowest BCUT2D eigenvalue weighted by Crippen LogP contribution is -2.29. The summed E-state index contributed by atoms with van der Waals surface area (Å²) < 4.78 is 5.44. The smallest absolute Gasteiger partial charge is 0.306 e.